The van der Waals surface area contributed by atoms with Crippen molar-refractivity contribution in [3.8, 4) is 34.7 Å². The number of likely N-dealkylation sites (tertiary alicyclic amines) is 1. The van der Waals surface area contributed by atoms with Crippen molar-refractivity contribution in [1.29, 1.82) is 5.26 Å². The molecule has 6 rings (SSSR count). The molecule has 2 aromatic carbocycles. The van der Waals surface area contributed by atoms with Gasteiger partial charge in [-0.3, -0.25) is 4.79 Å². The number of carbonyl (C=O) groups excluding carboxylic acids is 1. The zero-order valence-corrected chi connectivity index (χ0v) is 21.9. The van der Waals surface area contributed by atoms with Crippen molar-refractivity contribution in [1.82, 2.24) is 15.0 Å². The summed E-state index contributed by atoms with van der Waals surface area (Å²) in [6, 6.07) is 13.5. The Balaban J connectivity index is 1.28. The van der Waals surface area contributed by atoms with E-state index in [-0.39, 0.29) is 30.1 Å². The van der Waals surface area contributed by atoms with Crippen LogP contribution in [-0.4, -0.2) is 52.1 Å². The first kappa shape index (κ1) is 24.6. The maximum Gasteiger partial charge on any atom is 0.258 e. The van der Waals surface area contributed by atoms with E-state index in [1.807, 2.05) is 50.8 Å². The summed E-state index contributed by atoms with van der Waals surface area (Å²) in [5.41, 5.74) is 4.24. The summed E-state index contributed by atoms with van der Waals surface area (Å²) in [6.45, 7) is 8.61. The van der Waals surface area contributed by atoms with Gasteiger partial charge in [0.15, 0.2) is 5.79 Å². The minimum Gasteiger partial charge on any atom is -0.490 e. The molecule has 0 radical (unpaired) electrons. The Kier molecular flexibility index (Phi) is 5.97. The molecule has 1 amide bonds. The maximum absolute atomic E-state index is 13.0. The molecule has 38 heavy (non-hydrogen) atoms. The van der Waals surface area contributed by atoms with Gasteiger partial charge in [-0.1, -0.05) is 23.4 Å². The zero-order chi connectivity index (χ0) is 26.6. The maximum atomic E-state index is 13.0. The van der Waals surface area contributed by atoms with E-state index in [9.17, 15) is 10.1 Å². The second-order valence-electron chi connectivity index (χ2n) is 10.9. The number of amides is 1. The number of hydrogen-bond donors (Lipinski definition) is 0. The summed E-state index contributed by atoms with van der Waals surface area (Å²) >= 11 is 0. The fraction of sp³-hybridized carbons (Fsp3) is 0.448. The third-order valence-corrected chi connectivity index (χ3v) is 7.38. The molecule has 0 spiro atoms. The van der Waals surface area contributed by atoms with E-state index in [4.69, 9.17) is 18.7 Å². The highest BCUT2D eigenvalue weighted by Crippen LogP contribution is 2.49. The van der Waals surface area contributed by atoms with E-state index >= 15 is 0 Å². The number of fused-ring (bicyclic) bond motifs is 3. The van der Waals surface area contributed by atoms with E-state index < -0.39 is 5.79 Å². The molecule has 196 valence electrons. The SMILES string of the molecule is CC(C)Oc1ccc(-c2nc(-c3cccc4c3CC3CC(=O)N(CC5COC(C)(C)O5)C43)no2)cc1C#N. The fourth-order valence-corrected chi connectivity index (χ4v) is 5.89. The first-order valence-corrected chi connectivity index (χ1v) is 13.0. The van der Waals surface area contributed by atoms with Gasteiger partial charge in [-0.15, -0.1) is 0 Å². The number of benzene rings is 2. The van der Waals surface area contributed by atoms with Gasteiger partial charge in [0.1, 0.15) is 17.9 Å². The van der Waals surface area contributed by atoms with E-state index in [1.54, 1.807) is 12.1 Å². The van der Waals surface area contributed by atoms with Crippen LogP contribution in [0.15, 0.2) is 40.9 Å². The van der Waals surface area contributed by atoms with Gasteiger partial charge in [0, 0.05) is 24.1 Å². The van der Waals surface area contributed by atoms with Crippen LogP contribution < -0.4 is 4.74 Å². The number of nitriles is 1. The van der Waals surface area contributed by atoms with E-state index in [1.165, 1.54) is 0 Å². The summed E-state index contributed by atoms with van der Waals surface area (Å²) in [4.78, 5) is 19.6. The van der Waals surface area contributed by atoms with Gasteiger partial charge in [0.05, 0.1) is 24.3 Å². The van der Waals surface area contributed by atoms with Crippen LogP contribution in [0.1, 0.15) is 56.8 Å². The van der Waals surface area contributed by atoms with Crippen molar-refractivity contribution in [2.45, 2.75) is 64.6 Å². The Morgan fingerprint density at radius 2 is 2.08 bits per heavy atom. The predicted octanol–water partition coefficient (Wildman–Crippen LogP) is 4.66. The van der Waals surface area contributed by atoms with Gasteiger partial charge in [0.2, 0.25) is 11.7 Å². The Morgan fingerprint density at radius 1 is 1.24 bits per heavy atom. The summed E-state index contributed by atoms with van der Waals surface area (Å²) in [7, 11) is 0. The minimum absolute atomic E-state index is 0.00261. The van der Waals surface area contributed by atoms with Gasteiger partial charge < -0.3 is 23.6 Å². The summed E-state index contributed by atoms with van der Waals surface area (Å²) < 4.78 is 23.1. The van der Waals surface area contributed by atoms with Crippen LogP contribution in [0.25, 0.3) is 22.8 Å². The highest BCUT2D eigenvalue weighted by Gasteiger charge is 2.48. The summed E-state index contributed by atoms with van der Waals surface area (Å²) in [5.74, 6) is 1.08. The van der Waals surface area contributed by atoms with Crippen molar-refractivity contribution in [2.24, 2.45) is 5.92 Å². The molecule has 0 bridgehead atoms. The van der Waals surface area contributed by atoms with Crippen LogP contribution >= 0.6 is 0 Å². The molecule has 2 saturated heterocycles. The summed E-state index contributed by atoms with van der Waals surface area (Å²) in [5, 5.41) is 13.9. The lowest BCUT2D eigenvalue weighted by Gasteiger charge is -2.28. The first-order chi connectivity index (χ1) is 18.2. The van der Waals surface area contributed by atoms with Crippen molar-refractivity contribution in [3.63, 3.8) is 0 Å². The van der Waals surface area contributed by atoms with Crippen molar-refractivity contribution in [2.75, 3.05) is 13.2 Å². The van der Waals surface area contributed by atoms with Gasteiger partial charge in [0.25, 0.3) is 5.89 Å². The smallest absolute Gasteiger partial charge is 0.258 e. The van der Waals surface area contributed by atoms with Crippen LogP contribution in [0.2, 0.25) is 0 Å². The monoisotopic (exact) mass is 514 g/mol. The molecule has 2 fully saturated rings. The third kappa shape index (κ3) is 4.34. The van der Waals surface area contributed by atoms with Gasteiger partial charge in [-0.05, 0) is 69.4 Å². The Morgan fingerprint density at radius 3 is 2.82 bits per heavy atom. The standard InChI is InChI=1S/C29H30N4O5/c1-16(2)36-24-9-8-17(10-19(24)13-30)28-31-27(32-38-28)22-7-5-6-21-23(22)11-18-12-25(34)33(26(18)21)14-20-15-35-29(3,4)37-20/h5-10,16,18,20,26H,11-12,14-15H2,1-4H3. The van der Waals surface area contributed by atoms with Gasteiger partial charge in [-0.25, -0.2) is 0 Å². The van der Waals surface area contributed by atoms with E-state index in [0.717, 1.165) is 23.1 Å². The first-order valence-electron chi connectivity index (χ1n) is 13.0. The topological polar surface area (TPSA) is 111 Å². The average Bonchev–Trinajstić information content (AvgIpc) is 3.63. The number of aromatic nitrogens is 2. The lowest BCUT2D eigenvalue weighted by atomic mass is 10.0. The normalized spacial score (nSPS) is 23.5. The largest absolute Gasteiger partial charge is 0.490 e. The van der Waals surface area contributed by atoms with E-state index in [2.05, 4.69) is 22.3 Å². The van der Waals surface area contributed by atoms with Gasteiger partial charge >= 0.3 is 0 Å². The number of carbonyl (C=O) groups is 1. The Labute approximate surface area is 221 Å². The number of nitrogens with zero attached hydrogens (tertiary/aromatic N) is 4. The average molecular weight is 515 g/mol. The Bertz CT molecular complexity index is 1440. The molecule has 3 aromatic rings. The Hall–Kier alpha value is -3.74. The molecule has 9 nitrogen and oxygen atoms in total. The molecule has 3 unspecified atom stereocenters. The minimum atomic E-state index is -0.625. The van der Waals surface area contributed by atoms with Crippen LogP contribution in [-0.2, 0) is 20.7 Å². The predicted molar refractivity (Wildman–Crippen MR) is 137 cm³/mol. The van der Waals surface area contributed by atoms with Crippen molar-refractivity contribution >= 4 is 5.91 Å². The molecule has 3 heterocycles. The molecule has 0 saturated carbocycles. The third-order valence-electron chi connectivity index (χ3n) is 7.38. The van der Waals surface area contributed by atoms with Crippen molar-refractivity contribution in [3.05, 3.63) is 53.1 Å². The highest BCUT2D eigenvalue weighted by molar-refractivity contribution is 5.81. The lowest BCUT2D eigenvalue weighted by molar-refractivity contribution is -0.145. The summed E-state index contributed by atoms with van der Waals surface area (Å²) in [6.07, 6.45) is 1.10. The molecule has 3 atom stereocenters. The lowest BCUT2D eigenvalue weighted by Crippen LogP contribution is -2.37. The molecular weight excluding hydrogens is 484 g/mol. The molecule has 0 N–H and O–H groups in total. The second-order valence-corrected chi connectivity index (χ2v) is 10.9. The van der Waals surface area contributed by atoms with Crippen LogP contribution in [0, 0.1) is 17.2 Å². The van der Waals surface area contributed by atoms with Gasteiger partial charge in [-0.2, -0.15) is 10.2 Å². The molecule has 9 heteroatoms. The molecule has 1 aliphatic carbocycles. The van der Waals surface area contributed by atoms with Crippen LogP contribution in [0.5, 0.6) is 5.75 Å². The zero-order valence-electron chi connectivity index (χ0n) is 21.9. The van der Waals surface area contributed by atoms with Crippen LogP contribution in [0.4, 0.5) is 0 Å². The quantitative estimate of drug-likeness (QED) is 0.467. The number of rotatable bonds is 6. The molecule has 2 aliphatic heterocycles. The van der Waals surface area contributed by atoms with Crippen LogP contribution in [0.3, 0.4) is 0 Å². The molecule has 1 aromatic heterocycles. The van der Waals surface area contributed by atoms with E-state index in [0.29, 0.717) is 48.2 Å². The highest BCUT2D eigenvalue weighted by atomic mass is 16.7. The molecular formula is C29H30N4O5. The fourth-order valence-electron chi connectivity index (χ4n) is 5.89. The van der Waals surface area contributed by atoms with Crippen molar-refractivity contribution < 1.29 is 23.5 Å². The molecule has 3 aliphatic rings. The second kappa shape index (κ2) is 9.22. The number of hydrogen-bond acceptors (Lipinski definition) is 8. The number of ether oxygens (including phenoxy) is 3.